The van der Waals surface area contributed by atoms with Crippen molar-refractivity contribution in [1.82, 2.24) is 9.80 Å². The average molecular weight is 434 g/mol. The number of anilines is 1. The number of rotatable bonds is 5. The van der Waals surface area contributed by atoms with Gasteiger partial charge in [-0.25, -0.2) is 4.79 Å². The fraction of sp³-hybridized carbons (Fsp3) is 0.652. The van der Waals surface area contributed by atoms with Crippen LogP contribution in [0.5, 0.6) is 0 Å². The van der Waals surface area contributed by atoms with Gasteiger partial charge in [0.05, 0.1) is 7.11 Å². The van der Waals surface area contributed by atoms with E-state index in [4.69, 9.17) is 16.3 Å². The van der Waals surface area contributed by atoms with Crippen LogP contribution < -0.4 is 5.32 Å². The minimum absolute atomic E-state index is 0.0542. The zero-order chi connectivity index (χ0) is 21.1. The van der Waals surface area contributed by atoms with Crippen molar-refractivity contribution < 1.29 is 14.3 Å². The summed E-state index contributed by atoms with van der Waals surface area (Å²) in [7, 11) is 1.43. The SMILES string of the molecule is COC(=O)CCC[C@@H]1[C@H]2CCCN3CCC[C@@H](CN1C(=O)Nc1cccc(Cl)c1)[C@@H]23. The summed E-state index contributed by atoms with van der Waals surface area (Å²) < 4.78 is 4.82. The number of amides is 2. The van der Waals surface area contributed by atoms with Crippen LogP contribution in [0.15, 0.2) is 24.3 Å². The number of carbonyl (C=O) groups is 2. The Balaban J connectivity index is 1.53. The Bertz CT molecular complexity index is 772. The maximum absolute atomic E-state index is 13.3. The average Bonchev–Trinajstić information content (AvgIpc) is 2.75. The summed E-state index contributed by atoms with van der Waals surface area (Å²) in [5, 5.41) is 3.67. The van der Waals surface area contributed by atoms with Gasteiger partial charge in [-0.05, 0) is 81.6 Å². The molecule has 1 aromatic carbocycles. The lowest BCUT2D eigenvalue weighted by Crippen LogP contribution is -2.66. The van der Waals surface area contributed by atoms with E-state index in [1.54, 1.807) is 12.1 Å². The molecule has 3 heterocycles. The molecule has 3 aliphatic heterocycles. The summed E-state index contributed by atoms with van der Waals surface area (Å²) in [5.41, 5.74) is 0.719. The molecule has 6 nitrogen and oxygen atoms in total. The predicted octanol–water partition coefficient (Wildman–Crippen LogP) is 4.39. The number of likely N-dealkylation sites (tertiary alicyclic amines) is 1. The lowest BCUT2D eigenvalue weighted by atomic mass is 9.69. The van der Waals surface area contributed by atoms with E-state index in [1.807, 2.05) is 12.1 Å². The summed E-state index contributed by atoms with van der Waals surface area (Å²) in [6, 6.07) is 7.96. The van der Waals surface area contributed by atoms with E-state index < -0.39 is 0 Å². The first kappa shape index (κ1) is 21.4. The maximum atomic E-state index is 13.3. The quantitative estimate of drug-likeness (QED) is 0.699. The summed E-state index contributed by atoms with van der Waals surface area (Å²) in [6.45, 7) is 3.15. The molecular formula is C23H32ClN3O3. The van der Waals surface area contributed by atoms with Crippen molar-refractivity contribution in [2.24, 2.45) is 11.8 Å². The zero-order valence-electron chi connectivity index (χ0n) is 17.7. The Morgan fingerprint density at radius 1 is 1.23 bits per heavy atom. The van der Waals surface area contributed by atoms with Gasteiger partial charge in [-0.1, -0.05) is 17.7 Å². The molecule has 30 heavy (non-hydrogen) atoms. The standard InChI is InChI=1S/C23H32ClN3O3/c1-30-21(28)11-3-10-20-19-9-5-13-26-12-4-6-16(22(19)26)15-27(20)23(29)25-18-8-2-7-17(24)14-18/h2,7-8,14,16,19-20,22H,3-6,9-13,15H2,1H3,(H,25,29)/t16-,19+,20+,22-/m0/s1. The third-order valence-corrected chi connectivity index (χ3v) is 7.35. The number of carbonyl (C=O) groups excluding carboxylic acids is 2. The molecule has 4 atom stereocenters. The second-order valence-electron chi connectivity index (χ2n) is 8.86. The molecule has 2 amide bonds. The molecule has 3 aliphatic rings. The summed E-state index contributed by atoms with van der Waals surface area (Å²) in [5.74, 6) is 0.827. The highest BCUT2D eigenvalue weighted by molar-refractivity contribution is 6.30. The molecule has 7 heteroatoms. The Morgan fingerprint density at radius 3 is 2.80 bits per heavy atom. The van der Waals surface area contributed by atoms with Gasteiger partial charge in [-0.15, -0.1) is 0 Å². The number of methoxy groups -OCH3 is 1. The molecule has 0 saturated carbocycles. The fourth-order valence-electron chi connectivity index (χ4n) is 5.92. The van der Waals surface area contributed by atoms with Gasteiger partial charge in [0.25, 0.3) is 0 Å². The van der Waals surface area contributed by atoms with E-state index in [0.717, 1.165) is 31.5 Å². The van der Waals surface area contributed by atoms with Crippen LogP contribution in [0.25, 0.3) is 0 Å². The highest BCUT2D eigenvalue weighted by atomic mass is 35.5. The largest absolute Gasteiger partial charge is 0.469 e. The molecule has 4 rings (SSSR count). The van der Waals surface area contributed by atoms with Gasteiger partial charge in [0.1, 0.15) is 0 Å². The van der Waals surface area contributed by atoms with E-state index in [9.17, 15) is 9.59 Å². The Kier molecular flexibility index (Phi) is 6.84. The van der Waals surface area contributed by atoms with Crippen LogP contribution in [-0.2, 0) is 9.53 Å². The number of hydrogen-bond donors (Lipinski definition) is 1. The third kappa shape index (κ3) is 4.59. The molecule has 0 spiro atoms. The molecular weight excluding hydrogens is 402 g/mol. The molecule has 0 radical (unpaired) electrons. The minimum atomic E-state index is -0.179. The number of hydrogen-bond acceptors (Lipinski definition) is 4. The second-order valence-corrected chi connectivity index (χ2v) is 9.30. The van der Waals surface area contributed by atoms with Crippen molar-refractivity contribution >= 4 is 29.3 Å². The van der Waals surface area contributed by atoms with Crippen LogP contribution in [0.4, 0.5) is 10.5 Å². The number of benzene rings is 1. The van der Waals surface area contributed by atoms with E-state index >= 15 is 0 Å². The zero-order valence-corrected chi connectivity index (χ0v) is 18.4. The first-order valence-electron chi connectivity index (χ1n) is 11.2. The van der Waals surface area contributed by atoms with Crippen LogP contribution in [0, 0.1) is 11.8 Å². The van der Waals surface area contributed by atoms with Gasteiger partial charge < -0.3 is 15.0 Å². The van der Waals surface area contributed by atoms with Crippen molar-refractivity contribution in [3.8, 4) is 0 Å². The number of esters is 1. The van der Waals surface area contributed by atoms with E-state index in [0.29, 0.717) is 29.3 Å². The summed E-state index contributed by atoms with van der Waals surface area (Å²) in [4.78, 5) is 29.7. The van der Waals surface area contributed by atoms with Gasteiger partial charge >= 0.3 is 12.0 Å². The molecule has 3 fully saturated rings. The van der Waals surface area contributed by atoms with Crippen LogP contribution in [0.2, 0.25) is 5.02 Å². The second kappa shape index (κ2) is 9.56. The van der Waals surface area contributed by atoms with Crippen molar-refractivity contribution in [3.05, 3.63) is 29.3 Å². The fourth-order valence-corrected chi connectivity index (χ4v) is 6.11. The van der Waals surface area contributed by atoms with E-state index in [2.05, 4.69) is 15.1 Å². The Morgan fingerprint density at radius 2 is 2.03 bits per heavy atom. The summed E-state index contributed by atoms with van der Waals surface area (Å²) in [6.07, 6.45) is 6.72. The smallest absolute Gasteiger partial charge is 0.322 e. The number of nitrogens with zero attached hydrogens (tertiary/aromatic N) is 2. The topological polar surface area (TPSA) is 61.9 Å². The third-order valence-electron chi connectivity index (χ3n) is 7.12. The highest BCUT2D eigenvalue weighted by Gasteiger charge is 2.49. The van der Waals surface area contributed by atoms with Gasteiger partial charge in [-0.3, -0.25) is 9.69 Å². The molecule has 164 valence electrons. The molecule has 0 bridgehead atoms. The molecule has 0 unspecified atom stereocenters. The number of urea groups is 1. The maximum Gasteiger partial charge on any atom is 0.322 e. The van der Waals surface area contributed by atoms with Crippen molar-refractivity contribution in [2.75, 3.05) is 32.1 Å². The minimum Gasteiger partial charge on any atom is -0.469 e. The molecule has 3 saturated heterocycles. The van der Waals surface area contributed by atoms with Crippen LogP contribution in [0.3, 0.4) is 0 Å². The van der Waals surface area contributed by atoms with Gasteiger partial charge in [-0.2, -0.15) is 0 Å². The highest BCUT2D eigenvalue weighted by Crippen LogP contribution is 2.43. The van der Waals surface area contributed by atoms with Crippen LogP contribution >= 0.6 is 11.6 Å². The summed E-state index contributed by atoms with van der Waals surface area (Å²) >= 11 is 6.10. The number of halogens is 1. The predicted molar refractivity (Wildman–Crippen MR) is 118 cm³/mol. The van der Waals surface area contributed by atoms with E-state index in [1.165, 1.54) is 39.5 Å². The van der Waals surface area contributed by atoms with Crippen LogP contribution in [0.1, 0.15) is 44.9 Å². The van der Waals surface area contributed by atoms with Gasteiger partial charge in [0.2, 0.25) is 0 Å². The van der Waals surface area contributed by atoms with Crippen molar-refractivity contribution in [2.45, 2.75) is 57.0 Å². The normalized spacial score (nSPS) is 28.5. The Hall–Kier alpha value is -1.79. The molecule has 0 aliphatic carbocycles. The number of ether oxygens (including phenoxy) is 1. The van der Waals surface area contributed by atoms with Gasteiger partial charge in [0, 0.05) is 35.8 Å². The number of piperidine rings is 3. The van der Waals surface area contributed by atoms with Crippen LogP contribution in [-0.4, -0.2) is 60.6 Å². The van der Waals surface area contributed by atoms with E-state index in [-0.39, 0.29) is 18.0 Å². The first-order chi connectivity index (χ1) is 14.6. The van der Waals surface area contributed by atoms with Gasteiger partial charge in [0.15, 0.2) is 0 Å². The Labute approximate surface area is 183 Å². The lowest BCUT2D eigenvalue weighted by molar-refractivity contribution is -0.140. The first-order valence-corrected chi connectivity index (χ1v) is 11.6. The number of nitrogens with one attached hydrogen (secondary N) is 1. The van der Waals surface area contributed by atoms with Crippen molar-refractivity contribution in [1.29, 1.82) is 0 Å². The molecule has 0 aromatic heterocycles. The van der Waals surface area contributed by atoms with Crippen molar-refractivity contribution in [3.63, 3.8) is 0 Å². The molecule has 1 aromatic rings. The lowest BCUT2D eigenvalue weighted by Gasteiger charge is -2.57. The molecule has 1 N–H and O–H groups in total. The monoisotopic (exact) mass is 433 g/mol.